The maximum atomic E-state index is 13.9. The van der Waals surface area contributed by atoms with Crippen molar-refractivity contribution in [3.63, 3.8) is 0 Å². The van der Waals surface area contributed by atoms with Crippen LogP contribution < -0.4 is 11.5 Å². The molecule has 0 atom stereocenters. The number of carbonyl (C=O) groups excluding carboxylic acids is 2. The molecule has 1 aromatic carbocycles. The Balaban J connectivity index is 1.96. The monoisotopic (exact) mass is 537 g/mol. The number of aliphatic imine (C=N–C) groups is 1. The van der Waals surface area contributed by atoms with E-state index >= 15 is 0 Å². The van der Waals surface area contributed by atoms with Crippen LogP contribution in [0.1, 0.15) is 48.0 Å². The minimum absolute atomic E-state index is 0.00722. The van der Waals surface area contributed by atoms with Crippen LogP contribution in [-0.2, 0) is 11.3 Å². The number of nitrogens with two attached hydrogens (primary N) is 2. The minimum Gasteiger partial charge on any atom is -0.404 e. The second-order valence-electron chi connectivity index (χ2n) is 8.49. The molecule has 1 saturated carbocycles. The lowest BCUT2D eigenvalue weighted by molar-refractivity contribution is -0.126. The number of hydrogen-bond donors (Lipinski definition) is 2. The van der Waals surface area contributed by atoms with E-state index < -0.39 is 29.9 Å². The number of aromatic nitrogens is 1. The van der Waals surface area contributed by atoms with Crippen molar-refractivity contribution in [1.82, 2.24) is 9.88 Å². The van der Waals surface area contributed by atoms with Crippen LogP contribution in [0.4, 0.5) is 8.78 Å². The second-order valence-corrected chi connectivity index (χ2v) is 9.31. The van der Waals surface area contributed by atoms with Crippen molar-refractivity contribution in [1.29, 1.82) is 0 Å². The van der Waals surface area contributed by atoms with Gasteiger partial charge < -0.3 is 16.4 Å². The molecule has 0 aliphatic heterocycles. The van der Waals surface area contributed by atoms with E-state index in [4.69, 9.17) is 34.7 Å². The van der Waals surface area contributed by atoms with E-state index in [1.807, 2.05) is 0 Å². The molecule has 2 aromatic rings. The third-order valence-corrected chi connectivity index (χ3v) is 6.44. The Morgan fingerprint density at radius 2 is 1.69 bits per heavy atom. The van der Waals surface area contributed by atoms with Crippen molar-refractivity contribution < 1.29 is 18.4 Å². The van der Waals surface area contributed by atoms with Gasteiger partial charge in [0.2, 0.25) is 0 Å². The standard InChI is InChI=1S/C25H27Cl2F2N5O2/c26-20-11-32-12-21(27)24(20)23(35)14-34(13-15-6-16(28)8-17(29)7-15)25(36)19(9-30)22(10-31)33-18-4-2-1-3-5-18/h6-9,11-12,18H,1-5,10,13-14,30-31H2. The van der Waals surface area contributed by atoms with Gasteiger partial charge in [-0.05, 0) is 30.5 Å². The van der Waals surface area contributed by atoms with E-state index in [-0.39, 0.29) is 45.9 Å². The fraction of sp³-hybridized carbons (Fsp3) is 0.360. The smallest absolute Gasteiger partial charge is 0.257 e. The molecule has 0 bridgehead atoms. The Labute approximate surface area is 218 Å². The lowest BCUT2D eigenvalue weighted by Crippen LogP contribution is -2.39. The zero-order valence-electron chi connectivity index (χ0n) is 19.5. The summed E-state index contributed by atoms with van der Waals surface area (Å²) in [4.78, 5) is 36.4. The van der Waals surface area contributed by atoms with Crippen molar-refractivity contribution in [3.8, 4) is 0 Å². The molecule has 7 nitrogen and oxygen atoms in total. The number of pyridine rings is 1. The number of hydrogen-bond acceptors (Lipinski definition) is 6. The summed E-state index contributed by atoms with van der Waals surface area (Å²) in [6.07, 6.45) is 8.53. The van der Waals surface area contributed by atoms with Gasteiger partial charge in [-0.1, -0.05) is 42.5 Å². The molecule has 1 aliphatic rings. The number of amides is 1. The fourth-order valence-electron chi connectivity index (χ4n) is 4.18. The number of ketones is 1. The highest BCUT2D eigenvalue weighted by atomic mass is 35.5. The van der Waals surface area contributed by atoms with Gasteiger partial charge in [-0.15, -0.1) is 0 Å². The molecule has 1 aromatic heterocycles. The number of Topliss-reactive ketones (excluding diaryl/α,β-unsaturated/α-hetero) is 1. The van der Waals surface area contributed by atoms with Gasteiger partial charge in [-0.3, -0.25) is 19.6 Å². The first-order valence-electron chi connectivity index (χ1n) is 11.5. The van der Waals surface area contributed by atoms with Gasteiger partial charge in [0.05, 0.1) is 39.5 Å². The summed E-state index contributed by atoms with van der Waals surface area (Å²) in [7, 11) is 0. The number of benzene rings is 1. The molecule has 1 fully saturated rings. The average Bonchev–Trinajstić information content (AvgIpc) is 2.83. The van der Waals surface area contributed by atoms with Crippen molar-refractivity contribution in [2.75, 3.05) is 13.1 Å². The average molecular weight is 538 g/mol. The fourth-order valence-corrected chi connectivity index (χ4v) is 4.75. The molecule has 1 amide bonds. The van der Waals surface area contributed by atoms with Crippen LogP contribution in [0.25, 0.3) is 0 Å². The Bertz CT molecular complexity index is 1140. The maximum Gasteiger partial charge on any atom is 0.257 e. The van der Waals surface area contributed by atoms with E-state index in [0.29, 0.717) is 11.8 Å². The van der Waals surface area contributed by atoms with Crippen LogP contribution in [0.3, 0.4) is 0 Å². The Kier molecular flexibility index (Phi) is 9.92. The van der Waals surface area contributed by atoms with Crippen LogP contribution in [0.5, 0.6) is 0 Å². The molecule has 1 heterocycles. The SMILES string of the molecule is NC=C(C(=O)N(CC(=O)c1c(Cl)cncc1Cl)Cc1cc(F)cc(F)c1)C(CN)=NC1CCCCC1. The molecule has 3 rings (SSSR count). The molecule has 1 aliphatic carbocycles. The van der Waals surface area contributed by atoms with Crippen molar-refractivity contribution in [2.24, 2.45) is 16.5 Å². The normalized spacial score (nSPS) is 15.1. The van der Waals surface area contributed by atoms with E-state index in [1.165, 1.54) is 12.4 Å². The Morgan fingerprint density at radius 3 is 2.25 bits per heavy atom. The van der Waals surface area contributed by atoms with Crippen LogP contribution in [0, 0.1) is 11.6 Å². The number of rotatable bonds is 9. The molecule has 4 N–H and O–H groups in total. The summed E-state index contributed by atoms with van der Waals surface area (Å²) in [6, 6.07) is 2.88. The third kappa shape index (κ3) is 7.09. The van der Waals surface area contributed by atoms with E-state index in [0.717, 1.165) is 55.3 Å². The van der Waals surface area contributed by atoms with Gasteiger partial charge in [0.25, 0.3) is 5.91 Å². The summed E-state index contributed by atoms with van der Waals surface area (Å²) in [5.74, 6) is -2.90. The molecule has 11 heteroatoms. The topological polar surface area (TPSA) is 115 Å². The predicted molar refractivity (Wildman–Crippen MR) is 136 cm³/mol. The van der Waals surface area contributed by atoms with Gasteiger partial charge >= 0.3 is 0 Å². The maximum absolute atomic E-state index is 13.9. The lowest BCUT2D eigenvalue weighted by atomic mass is 9.95. The molecule has 0 radical (unpaired) electrons. The molecular formula is C25H27Cl2F2N5O2. The molecule has 36 heavy (non-hydrogen) atoms. The highest BCUT2D eigenvalue weighted by Crippen LogP contribution is 2.25. The molecule has 0 unspecified atom stereocenters. The molecule has 0 spiro atoms. The molecule has 192 valence electrons. The quantitative estimate of drug-likeness (QED) is 0.278. The first-order valence-corrected chi connectivity index (χ1v) is 12.2. The Morgan fingerprint density at radius 1 is 1.08 bits per heavy atom. The van der Waals surface area contributed by atoms with Crippen molar-refractivity contribution in [3.05, 3.63) is 75.2 Å². The third-order valence-electron chi connectivity index (χ3n) is 5.86. The van der Waals surface area contributed by atoms with Crippen molar-refractivity contribution >= 4 is 40.6 Å². The summed E-state index contributed by atoms with van der Waals surface area (Å²) >= 11 is 12.2. The van der Waals surface area contributed by atoms with Crippen LogP contribution in [0.2, 0.25) is 10.0 Å². The van der Waals surface area contributed by atoms with E-state index in [9.17, 15) is 18.4 Å². The van der Waals surface area contributed by atoms with Gasteiger partial charge in [0, 0.05) is 37.7 Å². The van der Waals surface area contributed by atoms with Gasteiger partial charge in [-0.25, -0.2) is 8.78 Å². The van der Waals surface area contributed by atoms with Gasteiger partial charge in [0.15, 0.2) is 5.78 Å². The number of nitrogens with zero attached hydrogens (tertiary/aromatic N) is 3. The van der Waals surface area contributed by atoms with E-state index in [2.05, 4.69) is 9.98 Å². The minimum atomic E-state index is -0.819. The van der Waals surface area contributed by atoms with E-state index in [1.54, 1.807) is 0 Å². The summed E-state index contributed by atoms with van der Waals surface area (Å²) in [5, 5.41) is 0.0144. The second kappa shape index (κ2) is 12.9. The summed E-state index contributed by atoms with van der Waals surface area (Å²) < 4.78 is 27.7. The zero-order chi connectivity index (χ0) is 26.2. The van der Waals surface area contributed by atoms with Crippen LogP contribution in [0.15, 0.2) is 47.4 Å². The highest BCUT2D eigenvalue weighted by Gasteiger charge is 2.27. The first kappa shape index (κ1) is 27.7. The number of halogens is 4. The van der Waals surface area contributed by atoms with Gasteiger partial charge in [0.1, 0.15) is 11.6 Å². The highest BCUT2D eigenvalue weighted by molar-refractivity contribution is 6.39. The van der Waals surface area contributed by atoms with Crippen LogP contribution in [-0.4, -0.2) is 46.4 Å². The predicted octanol–water partition coefficient (Wildman–Crippen LogP) is 4.45. The number of carbonyl (C=O) groups is 2. The zero-order valence-corrected chi connectivity index (χ0v) is 21.0. The van der Waals surface area contributed by atoms with Crippen LogP contribution >= 0.6 is 23.2 Å². The van der Waals surface area contributed by atoms with Crippen molar-refractivity contribution in [2.45, 2.75) is 44.7 Å². The first-order chi connectivity index (χ1) is 17.2. The van der Waals surface area contributed by atoms with Gasteiger partial charge in [-0.2, -0.15) is 0 Å². The lowest BCUT2D eigenvalue weighted by Gasteiger charge is -2.25. The summed E-state index contributed by atoms with van der Waals surface area (Å²) in [5.41, 5.74) is 12.2. The summed E-state index contributed by atoms with van der Waals surface area (Å²) in [6.45, 7) is -0.846. The Hall–Kier alpha value is -2.88. The largest absolute Gasteiger partial charge is 0.404 e. The molecular weight excluding hydrogens is 511 g/mol. The molecule has 0 saturated heterocycles.